The average molecular weight is 326 g/mol. The van der Waals surface area contributed by atoms with E-state index in [1.54, 1.807) is 42.7 Å². The molecule has 3 aromatic heterocycles. The van der Waals surface area contributed by atoms with Crippen LogP contribution in [-0.4, -0.2) is 44.9 Å². The van der Waals surface area contributed by atoms with Crippen molar-refractivity contribution in [1.29, 1.82) is 0 Å². The van der Waals surface area contributed by atoms with Gasteiger partial charge in [0.15, 0.2) is 0 Å². The van der Waals surface area contributed by atoms with E-state index in [0.717, 1.165) is 11.3 Å². The third-order valence-electron chi connectivity index (χ3n) is 3.91. The highest BCUT2D eigenvalue weighted by Crippen LogP contribution is 2.31. The number of ether oxygens (including phenoxy) is 1. The lowest BCUT2D eigenvalue weighted by Gasteiger charge is -2.12. The second-order valence-corrected chi connectivity index (χ2v) is 5.40. The molecule has 0 saturated carbocycles. The quantitative estimate of drug-likeness (QED) is 0.771. The number of anilines is 1. The number of aromatic nitrogens is 5. The molecule has 1 fully saturated rings. The fourth-order valence-corrected chi connectivity index (χ4v) is 2.69. The van der Waals surface area contributed by atoms with Gasteiger partial charge in [0.2, 0.25) is 23.5 Å². The Morgan fingerprint density at radius 1 is 1.46 bits per heavy atom. The maximum absolute atomic E-state index is 12.2. The van der Waals surface area contributed by atoms with Crippen LogP contribution in [0.1, 0.15) is 18.2 Å². The van der Waals surface area contributed by atoms with Crippen LogP contribution in [0.15, 0.2) is 35.2 Å². The van der Waals surface area contributed by atoms with E-state index in [4.69, 9.17) is 9.26 Å². The van der Waals surface area contributed by atoms with Crippen molar-refractivity contribution in [2.45, 2.75) is 12.3 Å². The van der Waals surface area contributed by atoms with Crippen LogP contribution in [0.2, 0.25) is 0 Å². The van der Waals surface area contributed by atoms with Crippen molar-refractivity contribution in [1.82, 2.24) is 25.3 Å². The van der Waals surface area contributed by atoms with Crippen LogP contribution in [0.3, 0.4) is 0 Å². The highest BCUT2D eigenvalue weighted by Gasteiger charge is 2.35. The summed E-state index contributed by atoms with van der Waals surface area (Å²) in [6.45, 7) is 0.486. The minimum atomic E-state index is -0.141. The van der Waals surface area contributed by atoms with Crippen LogP contribution in [0, 0.1) is 0 Å². The van der Waals surface area contributed by atoms with Gasteiger partial charge >= 0.3 is 0 Å². The lowest BCUT2D eigenvalue weighted by atomic mass is 10.1. The zero-order valence-corrected chi connectivity index (χ0v) is 12.8. The first kappa shape index (κ1) is 14.4. The lowest BCUT2D eigenvalue weighted by Crippen LogP contribution is -2.23. The SMILES string of the molecule is COc1cc(-c2noc([C@@H]3CC(=O)N(c4cn[nH]c4)C3)n2)ccn1. The van der Waals surface area contributed by atoms with Gasteiger partial charge in [-0.15, -0.1) is 0 Å². The monoisotopic (exact) mass is 326 g/mol. The number of rotatable bonds is 4. The van der Waals surface area contributed by atoms with Crippen molar-refractivity contribution in [3.63, 3.8) is 0 Å². The van der Waals surface area contributed by atoms with E-state index < -0.39 is 0 Å². The van der Waals surface area contributed by atoms with E-state index >= 15 is 0 Å². The summed E-state index contributed by atoms with van der Waals surface area (Å²) >= 11 is 0. The van der Waals surface area contributed by atoms with Gasteiger partial charge in [0.1, 0.15) is 0 Å². The number of hydrogen-bond acceptors (Lipinski definition) is 7. The Morgan fingerprint density at radius 3 is 3.17 bits per heavy atom. The average Bonchev–Trinajstić information content (AvgIpc) is 3.34. The molecule has 0 radical (unpaired) electrons. The van der Waals surface area contributed by atoms with E-state index in [9.17, 15) is 4.79 Å². The first-order valence-electron chi connectivity index (χ1n) is 7.38. The standard InChI is InChI=1S/C15H14N6O3/c1-23-12-4-9(2-3-16-12)14-19-15(24-20-14)10-5-13(22)21(8-10)11-6-17-18-7-11/h2-4,6-7,10H,5,8H2,1H3,(H,17,18)/t10-/m1/s1. The molecule has 3 aromatic rings. The molecule has 1 aliphatic heterocycles. The molecule has 24 heavy (non-hydrogen) atoms. The Bertz CT molecular complexity index is 860. The van der Waals surface area contributed by atoms with Crippen LogP contribution < -0.4 is 9.64 Å². The van der Waals surface area contributed by atoms with Crippen molar-refractivity contribution >= 4 is 11.6 Å². The molecule has 9 nitrogen and oxygen atoms in total. The smallest absolute Gasteiger partial charge is 0.232 e. The predicted octanol–water partition coefficient (Wildman–Crippen LogP) is 1.38. The summed E-state index contributed by atoms with van der Waals surface area (Å²) in [6, 6.07) is 3.50. The van der Waals surface area contributed by atoms with Gasteiger partial charge in [-0.1, -0.05) is 5.16 Å². The van der Waals surface area contributed by atoms with Gasteiger partial charge in [-0.3, -0.25) is 9.89 Å². The molecular formula is C15H14N6O3. The highest BCUT2D eigenvalue weighted by molar-refractivity contribution is 5.96. The second kappa shape index (κ2) is 5.76. The normalized spacial score (nSPS) is 17.5. The first-order chi connectivity index (χ1) is 11.7. The Kier molecular flexibility index (Phi) is 3.45. The molecule has 9 heteroatoms. The van der Waals surface area contributed by atoms with Crippen molar-refractivity contribution in [3.05, 3.63) is 36.6 Å². The number of nitrogens with one attached hydrogen (secondary N) is 1. The van der Waals surface area contributed by atoms with E-state index in [2.05, 4.69) is 25.3 Å². The molecule has 0 aromatic carbocycles. The van der Waals surface area contributed by atoms with Crippen molar-refractivity contribution in [2.75, 3.05) is 18.6 Å². The van der Waals surface area contributed by atoms with Gasteiger partial charge < -0.3 is 14.2 Å². The van der Waals surface area contributed by atoms with Gasteiger partial charge in [-0.05, 0) is 6.07 Å². The summed E-state index contributed by atoms with van der Waals surface area (Å²) in [5.41, 5.74) is 1.48. The minimum absolute atomic E-state index is 0.00623. The second-order valence-electron chi connectivity index (χ2n) is 5.40. The molecule has 0 spiro atoms. The summed E-state index contributed by atoms with van der Waals surface area (Å²) in [7, 11) is 1.54. The molecule has 4 heterocycles. The number of amides is 1. The van der Waals surface area contributed by atoms with Gasteiger partial charge in [0, 0.05) is 37.0 Å². The number of pyridine rings is 1. The Morgan fingerprint density at radius 2 is 2.38 bits per heavy atom. The third-order valence-corrected chi connectivity index (χ3v) is 3.91. The largest absolute Gasteiger partial charge is 0.481 e. The fourth-order valence-electron chi connectivity index (χ4n) is 2.69. The molecular weight excluding hydrogens is 312 g/mol. The van der Waals surface area contributed by atoms with Gasteiger partial charge in [0.25, 0.3) is 0 Å². The van der Waals surface area contributed by atoms with Crippen molar-refractivity contribution in [3.8, 4) is 17.3 Å². The number of carbonyl (C=O) groups is 1. The summed E-state index contributed by atoms with van der Waals surface area (Å²) in [5.74, 6) is 1.23. The van der Waals surface area contributed by atoms with E-state index in [1.807, 2.05) is 0 Å². The van der Waals surface area contributed by atoms with E-state index in [-0.39, 0.29) is 11.8 Å². The van der Waals surface area contributed by atoms with Crippen LogP contribution >= 0.6 is 0 Å². The Balaban J connectivity index is 1.56. The summed E-state index contributed by atoms with van der Waals surface area (Å²) in [6.07, 6.45) is 5.24. The van der Waals surface area contributed by atoms with E-state index in [0.29, 0.717) is 30.6 Å². The molecule has 0 aliphatic carbocycles. The molecule has 122 valence electrons. The van der Waals surface area contributed by atoms with Crippen molar-refractivity contribution in [2.24, 2.45) is 0 Å². The van der Waals surface area contributed by atoms with Gasteiger partial charge in [-0.25, -0.2) is 4.98 Å². The molecule has 4 rings (SSSR count). The van der Waals surface area contributed by atoms with Crippen LogP contribution in [-0.2, 0) is 4.79 Å². The van der Waals surface area contributed by atoms with Crippen LogP contribution in [0.25, 0.3) is 11.4 Å². The van der Waals surface area contributed by atoms with Crippen molar-refractivity contribution < 1.29 is 14.1 Å². The fraction of sp³-hybridized carbons (Fsp3) is 0.267. The van der Waals surface area contributed by atoms with Crippen LogP contribution in [0.4, 0.5) is 5.69 Å². The summed E-state index contributed by atoms with van der Waals surface area (Å²) in [5, 5.41) is 10.6. The molecule has 1 amide bonds. The third kappa shape index (κ3) is 2.49. The van der Waals surface area contributed by atoms with Crippen LogP contribution in [0.5, 0.6) is 5.88 Å². The number of methoxy groups -OCH3 is 1. The number of carbonyl (C=O) groups excluding carboxylic acids is 1. The predicted molar refractivity (Wildman–Crippen MR) is 82.4 cm³/mol. The zero-order valence-electron chi connectivity index (χ0n) is 12.8. The number of H-pyrrole nitrogens is 1. The highest BCUT2D eigenvalue weighted by atomic mass is 16.5. The summed E-state index contributed by atoms with van der Waals surface area (Å²) in [4.78, 5) is 22.3. The lowest BCUT2D eigenvalue weighted by molar-refractivity contribution is -0.117. The number of nitrogens with zero attached hydrogens (tertiary/aromatic N) is 5. The van der Waals surface area contributed by atoms with Gasteiger partial charge in [0.05, 0.1) is 24.9 Å². The Labute approximate surface area is 136 Å². The molecule has 1 N–H and O–H groups in total. The zero-order chi connectivity index (χ0) is 16.5. The van der Waals surface area contributed by atoms with Gasteiger partial charge in [-0.2, -0.15) is 10.1 Å². The summed E-state index contributed by atoms with van der Waals surface area (Å²) < 4.78 is 10.5. The minimum Gasteiger partial charge on any atom is -0.481 e. The maximum Gasteiger partial charge on any atom is 0.232 e. The maximum atomic E-state index is 12.2. The topological polar surface area (TPSA) is 110 Å². The number of aromatic amines is 1. The first-order valence-corrected chi connectivity index (χ1v) is 7.38. The molecule has 1 atom stereocenters. The van der Waals surface area contributed by atoms with E-state index in [1.165, 1.54) is 0 Å². The Hall–Kier alpha value is -3.23. The molecule has 0 bridgehead atoms. The molecule has 1 saturated heterocycles. The molecule has 0 unspecified atom stereocenters. The number of hydrogen-bond donors (Lipinski definition) is 1. The molecule has 1 aliphatic rings.